The second kappa shape index (κ2) is 7.08. The zero-order chi connectivity index (χ0) is 15.4. The summed E-state index contributed by atoms with van der Waals surface area (Å²) in [6.07, 6.45) is 2.11. The Kier molecular flexibility index (Phi) is 4.91. The van der Waals surface area contributed by atoms with Crippen LogP contribution in [0.1, 0.15) is 0 Å². The lowest BCUT2D eigenvalue weighted by atomic mass is 10.2. The number of benzene rings is 1. The lowest BCUT2D eigenvalue weighted by molar-refractivity contribution is 0.252. The van der Waals surface area contributed by atoms with Crippen molar-refractivity contribution in [3.05, 3.63) is 18.2 Å². The monoisotopic (exact) mass is 326 g/mol. The molecule has 3 rings (SSSR count). The first-order valence-corrected chi connectivity index (χ1v) is 8.19. The maximum absolute atomic E-state index is 11.6. The van der Waals surface area contributed by atoms with Crippen LogP contribution in [0.2, 0.25) is 0 Å². The molecule has 2 atom stereocenters. The van der Waals surface area contributed by atoms with Gasteiger partial charge in [0.2, 0.25) is 0 Å². The highest BCUT2D eigenvalue weighted by Gasteiger charge is 2.24. The van der Waals surface area contributed by atoms with Crippen molar-refractivity contribution in [2.45, 2.75) is 12.2 Å². The Bertz CT molecular complexity index is 500. The lowest BCUT2D eigenvalue weighted by Crippen LogP contribution is -2.22. The predicted octanol–water partition coefficient (Wildman–Crippen LogP) is 1.64. The fraction of sp³-hybridized carbons (Fsp3) is 0.500. The fourth-order valence-corrected chi connectivity index (χ4v) is 2.00. The Labute approximate surface area is 132 Å². The topological polar surface area (TPSA) is 84.7 Å². The van der Waals surface area contributed by atoms with E-state index >= 15 is 0 Å². The van der Waals surface area contributed by atoms with E-state index < -0.39 is 0 Å². The number of hydrogen-bond donors (Lipinski definition) is 2. The zero-order valence-electron chi connectivity index (χ0n) is 12.2. The second-order valence-electron chi connectivity index (χ2n) is 4.99. The molecule has 0 bridgehead atoms. The maximum atomic E-state index is 11.6. The van der Waals surface area contributed by atoms with Crippen LogP contribution in [0.15, 0.2) is 18.2 Å². The van der Waals surface area contributed by atoms with Gasteiger partial charge in [-0.25, -0.2) is 4.79 Å². The first-order valence-electron chi connectivity index (χ1n) is 6.97. The van der Waals surface area contributed by atoms with E-state index in [0.717, 1.165) is 13.2 Å². The van der Waals surface area contributed by atoms with Crippen LogP contribution in [-0.4, -0.2) is 50.9 Å². The molecular formula is C14H18N2O5S. The van der Waals surface area contributed by atoms with Crippen LogP contribution in [0.4, 0.5) is 10.5 Å². The molecule has 120 valence electrons. The van der Waals surface area contributed by atoms with Crippen molar-refractivity contribution in [3.8, 4) is 11.5 Å². The van der Waals surface area contributed by atoms with Crippen molar-refractivity contribution < 1.29 is 23.7 Å². The fourth-order valence-electron chi connectivity index (χ4n) is 1.77. The van der Waals surface area contributed by atoms with Gasteiger partial charge in [-0.15, -0.1) is 0 Å². The summed E-state index contributed by atoms with van der Waals surface area (Å²) in [7, 11) is 0. The normalized spacial score (nSPS) is 21.9. The largest absolute Gasteiger partial charge is 0.491 e. The molecule has 2 aliphatic rings. The van der Waals surface area contributed by atoms with Gasteiger partial charge in [0.25, 0.3) is 0 Å². The molecule has 2 fully saturated rings. The molecule has 2 N–H and O–H groups in total. The van der Waals surface area contributed by atoms with Gasteiger partial charge in [-0.05, 0) is 0 Å². The molecule has 2 saturated heterocycles. The molecule has 1 aromatic rings. The standard InChI is InChI=1S/C14H18N2O5S/c1-22-16-14(17)15-9-2-10(18-5-12-7-20-12)4-11(3-9)19-6-13-8-21-13/h2-4,12-13H,5-8H2,1H3,(H2,15,16,17). The molecule has 2 unspecified atom stereocenters. The summed E-state index contributed by atoms with van der Waals surface area (Å²) in [6, 6.07) is 5.00. The van der Waals surface area contributed by atoms with Crippen molar-refractivity contribution in [3.63, 3.8) is 0 Å². The number of epoxide rings is 2. The van der Waals surface area contributed by atoms with Gasteiger partial charge >= 0.3 is 6.03 Å². The quantitative estimate of drug-likeness (QED) is 0.558. The Hall–Kier alpha value is -1.64. The van der Waals surface area contributed by atoms with Crippen LogP contribution < -0.4 is 19.5 Å². The Morgan fingerprint density at radius 2 is 1.73 bits per heavy atom. The van der Waals surface area contributed by atoms with Gasteiger partial charge in [-0.1, -0.05) is 11.9 Å². The third kappa shape index (κ3) is 4.97. The number of ether oxygens (including phenoxy) is 4. The minimum absolute atomic E-state index is 0.167. The highest BCUT2D eigenvalue weighted by molar-refractivity contribution is 7.97. The van der Waals surface area contributed by atoms with Crippen LogP contribution in [0, 0.1) is 0 Å². The van der Waals surface area contributed by atoms with Crippen molar-refractivity contribution >= 4 is 23.7 Å². The van der Waals surface area contributed by atoms with Crippen molar-refractivity contribution in [1.29, 1.82) is 0 Å². The third-order valence-electron chi connectivity index (χ3n) is 3.01. The number of carbonyl (C=O) groups excluding carboxylic acids is 1. The predicted molar refractivity (Wildman–Crippen MR) is 82.6 cm³/mol. The van der Waals surface area contributed by atoms with E-state index in [1.54, 1.807) is 24.5 Å². The number of amides is 2. The minimum Gasteiger partial charge on any atom is -0.491 e. The highest BCUT2D eigenvalue weighted by atomic mass is 32.2. The summed E-state index contributed by atoms with van der Waals surface area (Å²) >= 11 is 1.22. The Morgan fingerprint density at radius 1 is 1.18 bits per heavy atom. The molecule has 8 heteroatoms. The van der Waals surface area contributed by atoms with Crippen LogP contribution in [-0.2, 0) is 9.47 Å². The molecule has 0 saturated carbocycles. The van der Waals surface area contributed by atoms with Crippen LogP contribution in [0.3, 0.4) is 0 Å². The molecule has 2 heterocycles. The summed E-state index contributed by atoms with van der Waals surface area (Å²) < 4.78 is 24.2. The molecule has 22 heavy (non-hydrogen) atoms. The Balaban J connectivity index is 1.65. The summed E-state index contributed by atoms with van der Waals surface area (Å²) in [5.74, 6) is 1.26. The number of rotatable bonds is 8. The van der Waals surface area contributed by atoms with E-state index in [0.29, 0.717) is 30.4 Å². The van der Waals surface area contributed by atoms with Gasteiger partial charge in [0, 0.05) is 30.1 Å². The molecule has 0 radical (unpaired) electrons. The molecule has 0 aliphatic carbocycles. The van der Waals surface area contributed by atoms with E-state index in [9.17, 15) is 4.79 Å². The molecule has 7 nitrogen and oxygen atoms in total. The first-order chi connectivity index (χ1) is 10.7. The molecule has 0 aromatic heterocycles. The summed E-state index contributed by atoms with van der Waals surface area (Å²) in [5, 5.41) is 2.74. The van der Waals surface area contributed by atoms with E-state index in [4.69, 9.17) is 18.9 Å². The average molecular weight is 326 g/mol. The first kappa shape index (κ1) is 15.3. The van der Waals surface area contributed by atoms with Crippen molar-refractivity contribution in [2.24, 2.45) is 0 Å². The van der Waals surface area contributed by atoms with Gasteiger partial charge in [0.05, 0.1) is 13.2 Å². The molecule has 1 aromatic carbocycles. The number of carbonyl (C=O) groups is 1. The van der Waals surface area contributed by atoms with Crippen LogP contribution in [0.25, 0.3) is 0 Å². The lowest BCUT2D eigenvalue weighted by Gasteiger charge is -2.12. The van der Waals surface area contributed by atoms with E-state index in [2.05, 4.69) is 10.0 Å². The zero-order valence-corrected chi connectivity index (χ0v) is 13.0. The van der Waals surface area contributed by atoms with Gasteiger partial charge in [0.1, 0.15) is 36.9 Å². The SMILES string of the molecule is CSNC(=O)Nc1cc(OCC2CO2)cc(OCC2CO2)c1. The maximum Gasteiger partial charge on any atom is 0.329 e. The number of nitrogens with one attached hydrogen (secondary N) is 2. The smallest absolute Gasteiger partial charge is 0.329 e. The van der Waals surface area contributed by atoms with E-state index in [1.807, 2.05) is 0 Å². The average Bonchev–Trinajstić information content (AvgIpc) is 3.38. The van der Waals surface area contributed by atoms with Gasteiger partial charge in [0.15, 0.2) is 0 Å². The van der Waals surface area contributed by atoms with Crippen molar-refractivity contribution in [2.75, 3.05) is 38.0 Å². The van der Waals surface area contributed by atoms with Gasteiger partial charge < -0.3 is 24.3 Å². The molecule has 0 spiro atoms. The number of urea groups is 1. The van der Waals surface area contributed by atoms with Gasteiger partial charge in [-0.2, -0.15) is 0 Å². The van der Waals surface area contributed by atoms with Crippen molar-refractivity contribution in [1.82, 2.24) is 4.72 Å². The van der Waals surface area contributed by atoms with Crippen LogP contribution >= 0.6 is 11.9 Å². The molecular weight excluding hydrogens is 308 g/mol. The minimum atomic E-state index is -0.299. The highest BCUT2D eigenvalue weighted by Crippen LogP contribution is 2.28. The second-order valence-corrected chi connectivity index (χ2v) is 5.60. The molecule has 2 amide bonds. The molecule has 2 aliphatic heterocycles. The van der Waals surface area contributed by atoms with E-state index in [1.165, 1.54) is 11.9 Å². The number of anilines is 1. The van der Waals surface area contributed by atoms with Crippen LogP contribution in [0.5, 0.6) is 11.5 Å². The van der Waals surface area contributed by atoms with Gasteiger partial charge in [-0.3, -0.25) is 4.72 Å². The summed E-state index contributed by atoms with van der Waals surface area (Å²) in [4.78, 5) is 11.6. The number of hydrogen-bond acceptors (Lipinski definition) is 6. The van der Waals surface area contributed by atoms with E-state index in [-0.39, 0.29) is 18.2 Å². The summed E-state index contributed by atoms with van der Waals surface area (Å²) in [5.41, 5.74) is 0.604. The Morgan fingerprint density at radius 3 is 2.18 bits per heavy atom. The summed E-state index contributed by atoms with van der Waals surface area (Å²) in [6.45, 7) is 2.45. The third-order valence-corrected chi connectivity index (χ3v) is 3.40.